The normalized spacial score (nSPS) is 23.7. The fourth-order valence-electron chi connectivity index (χ4n) is 11.0. The zero-order valence-electron chi connectivity index (χ0n) is 44.8. The first kappa shape index (κ1) is 56.1. The molecule has 0 aromatic carbocycles. The van der Waals surface area contributed by atoms with E-state index in [0.29, 0.717) is 47.4 Å². The zero-order valence-corrected chi connectivity index (χ0v) is 44.8. The number of fused-ring (bicyclic) bond motifs is 5. The largest absolute Gasteiger partial charge is 0.384 e. The summed E-state index contributed by atoms with van der Waals surface area (Å²) in [5.74, 6) is 4.78. The second-order valence-electron chi connectivity index (χ2n) is 21.0. The van der Waals surface area contributed by atoms with Crippen LogP contribution >= 0.6 is 0 Å². The van der Waals surface area contributed by atoms with E-state index in [1.54, 1.807) is 53.8 Å². The van der Waals surface area contributed by atoms with Crippen LogP contribution in [0.2, 0.25) is 0 Å². The molecule has 22 nitrogen and oxygen atoms in total. The van der Waals surface area contributed by atoms with Gasteiger partial charge >= 0.3 is 0 Å². The topological polar surface area (TPSA) is 311 Å². The molecule has 12 heterocycles. The Kier molecular flexibility index (Phi) is 18.9. The van der Waals surface area contributed by atoms with Crippen LogP contribution in [-0.4, -0.2) is 124 Å². The lowest BCUT2D eigenvalue weighted by Crippen LogP contribution is -2.51. The van der Waals surface area contributed by atoms with Crippen molar-refractivity contribution in [3.63, 3.8) is 0 Å². The van der Waals surface area contributed by atoms with Gasteiger partial charge in [0.2, 0.25) is 29.5 Å². The maximum absolute atomic E-state index is 12.2. The van der Waals surface area contributed by atoms with Crippen LogP contribution in [0.5, 0.6) is 0 Å². The quantitative estimate of drug-likeness (QED) is 0.138. The highest BCUT2D eigenvalue weighted by atomic mass is 16.2. The Morgan fingerprint density at radius 3 is 1.36 bits per heavy atom. The van der Waals surface area contributed by atoms with Crippen LogP contribution in [0.3, 0.4) is 0 Å². The van der Waals surface area contributed by atoms with Gasteiger partial charge < -0.3 is 53.6 Å². The molecule has 13 rings (SSSR count). The Morgan fingerprint density at radius 1 is 0.449 bits per heavy atom. The number of pyridine rings is 5. The van der Waals surface area contributed by atoms with E-state index in [-0.39, 0.29) is 54.5 Å². The highest BCUT2D eigenvalue weighted by Crippen LogP contribution is 2.39. The van der Waals surface area contributed by atoms with Crippen LogP contribution in [-0.2, 0) is 24.0 Å². The van der Waals surface area contributed by atoms with Crippen molar-refractivity contribution in [2.75, 3.05) is 112 Å². The molecule has 5 amide bonds. The first-order chi connectivity index (χ1) is 37.6. The van der Waals surface area contributed by atoms with Crippen LogP contribution in [0.25, 0.3) is 0 Å². The molecule has 2 bridgehead atoms. The van der Waals surface area contributed by atoms with E-state index >= 15 is 0 Å². The van der Waals surface area contributed by atoms with Gasteiger partial charge in [0.25, 0.3) is 0 Å². The number of hydrogen-bond donors (Lipinski definition) is 6. The minimum absolute atomic E-state index is 0.0310. The van der Waals surface area contributed by atoms with Crippen molar-refractivity contribution in [1.82, 2.24) is 35.1 Å². The molecule has 1 aliphatic carbocycles. The summed E-state index contributed by atoms with van der Waals surface area (Å²) in [6.45, 7) is 10.6. The Hall–Kier alpha value is -8.14. The number of nitrogen functional groups attached to an aromatic ring is 5. The lowest BCUT2D eigenvalue weighted by molar-refractivity contribution is -0.128. The third-order valence-corrected chi connectivity index (χ3v) is 15.4. The van der Waals surface area contributed by atoms with Crippen molar-refractivity contribution >= 4 is 87.1 Å². The predicted molar refractivity (Wildman–Crippen MR) is 305 cm³/mol. The Morgan fingerprint density at radius 2 is 0.885 bits per heavy atom. The van der Waals surface area contributed by atoms with Gasteiger partial charge in [-0.25, -0.2) is 24.9 Å². The smallest absolute Gasteiger partial charge is 0.246 e. The van der Waals surface area contributed by atoms with Gasteiger partial charge in [-0.2, -0.15) is 0 Å². The van der Waals surface area contributed by atoms with Crippen LogP contribution in [0.15, 0.2) is 91.6 Å². The second-order valence-corrected chi connectivity index (χ2v) is 21.0. The van der Waals surface area contributed by atoms with Crippen molar-refractivity contribution in [2.24, 2.45) is 23.7 Å². The number of nitrogens with two attached hydrogens (primary N) is 5. The van der Waals surface area contributed by atoms with Crippen molar-refractivity contribution in [3.8, 4) is 0 Å². The molecule has 1 saturated carbocycles. The Balaban J connectivity index is 0.000000129. The van der Waals surface area contributed by atoms with Crippen LogP contribution in [0.1, 0.15) is 78.1 Å². The van der Waals surface area contributed by atoms with Gasteiger partial charge in [0, 0.05) is 57.1 Å². The monoisotopic (exact) mass is 1070 g/mol. The first-order valence-electron chi connectivity index (χ1n) is 27.2. The maximum atomic E-state index is 12.2. The molecule has 2 unspecified atom stereocenters. The van der Waals surface area contributed by atoms with E-state index in [0.717, 1.165) is 100 Å². The first-order valence-corrected chi connectivity index (χ1v) is 27.2. The average Bonchev–Trinajstić information content (AvgIpc) is 3.98. The predicted octanol–water partition coefficient (Wildman–Crippen LogP) is 4.75. The number of carbonyl (C=O) groups excluding carboxylic acids is 5. The standard InChI is InChI=1S/C12H16N4O.C12H17N3O.C12H17N3.C11H15N3O.C9H10N4O2/c13-11-2-1-10(7-14-11)16-9-3-5-15(6-4-9)8-12(16)17;1-9-4-2-3-7-15(12(9)16)10-5-6-11(13)14-8-10;13-12-5-4-11(6-14-12)15-7-9-2-1-3-10(9)8-15;1-8-3-2-6-14(11(8)15)9-4-5-10(12)13-7-9;10-7-2-1-6(3-11-7)13-5-8(14)12-4-9(13)15/h1-2,7,9H,3-6,8H2,(H2,13,14);5-6,8-9H,2-4,7H2,1H3,(H2,13,14);4-6,9-10H,1-3,7-8H2,(H2,13,14);4-5,7-8H,2-3,6H2,1H3,(H2,12,13);1-3H,4-5H2,(H2,10,11)(H,12,14)/t;;9-,10+;;. The summed E-state index contributed by atoms with van der Waals surface area (Å²) in [5, 5.41) is 2.47. The third-order valence-electron chi connectivity index (χ3n) is 15.4. The van der Waals surface area contributed by atoms with Crippen molar-refractivity contribution in [2.45, 2.75) is 84.1 Å². The van der Waals surface area contributed by atoms with Gasteiger partial charge in [-0.15, -0.1) is 0 Å². The number of aromatic nitrogens is 5. The molecule has 22 heteroatoms. The van der Waals surface area contributed by atoms with Gasteiger partial charge in [0.15, 0.2) is 0 Å². The van der Waals surface area contributed by atoms with E-state index in [1.165, 1.54) is 49.1 Å². The molecule has 8 aliphatic rings. The summed E-state index contributed by atoms with van der Waals surface area (Å²) >= 11 is 0. The third kappa shape index (κ3) is 14.7. The number of piperidine rings is 2. The lowest BCUT2D eigenvalue weighted by atomic mass is 9.99. The molecule has 78 heavy (non-hydrogen) atoms. The molecule has 11 N–H and O–H groups in total. The van der Waals surface area contributed by atoms with E-state index < -0.39 is 0 Å². The summed E-state index contributed by atoms with van der Waals surface area (Å²) in [6.07, 6.45) is 20.0. The highest BCUT2D eigenvalue weighted by Gasteiger charge is 2.37. The van der Waals surface area contributed by atoms with Crippen molar-refractivity contribution < 1.29 is 24.0 Å². The molecule has 4 atom stereocenters. The summed E-state index contributed by atoms with van der Waals surface area (Å²) in [6, 6.07) is 18.4. The van der Waals surface area contributed by atoms with E-state index in [9.17, 15) is 24.0 Å². The number of anilines is 10. The number of amides is 5. The van der Waals surface area contributed by atoms with E-state index in [4.69, 9.17) is 28.7 Å². The molecule has 7 aliphatic heterocycles. The van der Waals surface area contributed by atoms with Gasteiger partial charge in [-0.05, 0) is 124 Å². The minimum atomic E-state index is -0.175. The molecule has 5 aromatic rings. The number of hydrogen-bond acceptors (Lipinski definition) is 17. The molecular formula is C56H75N17O5. The molecule has 8 fully saturated rings. The van der Waals surface area contributed by atoms with Crippen LogP contribution in [0, 0.1) is 23.7 Å². The molecule has 7 saturated heterocycles. The lowest BCUT2D eigenvalue weighted by Gasteiger charge is -2.31. The van der Waals surface area contributed by atoms with Crippen LogP contribution < -0.4 is 58.5 Å². The van der Waals surface area contributed by atoms with Crippen LogP contribution in [0.4, 0.5) is 57.5 Å². The summed E-state index contributed by atoms with van der Waals surface area (Å²) in [7, 11) is 0. The van der Waals surface area contributed by atoms with Gasteiger partial charge in [0.1, 0.15) is 35.6 Å². The summed E-state index contributed by atoms with van der Waals surface area (Å²) in [5.41, 5.74) is 32.0. The number of piperazine rings is 1. The molecule has 0 radical (unpaired) electrons. The molecular weight excluding hydrogens is 991 g/mol. The highest BCUT2D eigenvalue weighted by molar-refractivity contribution is 6.04. The molecule has 414 valence electrons. The number of nitrogens with zero attached hydrogens (tertiary/aromatic N) is 11. The second kappa shape index (κ2) is 26.3. The summed E-state index contributed by atoms with van der Waals surface area (Å²) in [4.78, 5) is 90.4. The van der Waals surface area contributed by atoms with Crippen molar-refractivity contribution in [1.29, 1.82) is 0 Å². The summed E-state index contributed by atoms with van der Waals surface area (Å²) < 4.78 is 0. The van der Waals surface area contributed by atoms with Gasteiger partial charge in [-0.1, -0.05) is 26.7 Å². The molecule has 0 spiro atoms. The fraction of sp³-hybridized carbons (Fsp3) is 0.464. The number of nitrogens with one attached hydrogen (secondary N) is 1. The molecule has 5 aromatic heterocycles. The maximum Gasteiger partial charge on any atom is 0.246 e. The SMILES string of the molecule is CC1CCCCN(c2ccc(N)nc2)C1=O.CC1CCCN(c2ccc(N)nc2)C1=O.Nc1ccc(N2C(=O)CN3CCC2CC3)cn1.Nc1ccc(N2CC(=O)NCC2=O)cn1.Nc1ccc(N2C[C@H]3CCC[C@H]3C2)cn1. The van der Waals surface area contributed by atoms with Crippen molar-refractivity contribution in [3.05, 3.63) is 91.6 Å². The number of carbonyl (C=O) groups is 5. The van der Waals surface area contributed by atoms with E-state index in [1.807, 2.05) is 54.1 Å². The number of rotatable bonds is 5. The van der Waals surface area contributed by atoms with Gasteiger partial charge in [-0.3, -0.25) is 33.8 Å². The minimum Gasteiger partial charge on any atom is -0.384 e. The average molecular weight is 1070 g/mol. The Bertz CT molecular complexity index is 2790. The zero-order chi connectivity index (χ0) is 55.3. The van der Waals surface area contributed by atoms with Gasteiger partial charge in [0.05, 0.1) is 72.5 Å². The Labute approximate surface area is 456 Å². The van der Waals surface area contributed by atoms with E-state index in [2.05, 4.69) is 46.1 Å². The fourth-order valence-corrected chi connectivity index (χ4v) is 11.0.